The summed E-state index contributed by atoms with van der Waals surface area (Å²) in [5, 5.41) is 12.5. The highest BCUT2D eigenvalue weighted by molar-refractivity contribution is 6.28. The van der Waals surface area contributed by atoms with Gasteiger partial charge in [-0.2, -0.15) is 15.0 Å². The fourth-order valence-corrected chi connectivity index (χ4v) is 1.60. The summed E-state index contributed by atoms with van der Waals surface area (Å²) in [5.74, 6) is 0.998. The summed E-state index contributed by atoms with van der Waals surface area (Å²) in [4.78, 5) is 14.5. The molecule has 0 spiro atoms. The molecule has 6 nitrogen and oxygen atoms in total. The van der Waals surface area contributed by atoms with E-state index in [0.29, 0.717) is 18.4 Å². The molecule has 7 heteroatoms. The van der Waals surface area contributed by atoms with Crippen molar-refractivity contribution in [3.05, 3.63) is 5.28 Å². The van der Waals surface area contributed by atoms with E-state index in [-0.39, 0.29) is 17.3 Å². The van der Waals surface area contributed by atoms with Crippen LogP contribution in [-0.4, -0.2) is 46.3 Å². The van der Waals surface area contributed by atoms with Crippen molar-refractivity contribution < 1.29 is 5.11 Å². The Labute approximate surface area is 119 Å². The van der Waals surface area contributed by atoms with Crippen LogP contribution in [0.2, 0.25) is 5.28 Å². The monoisotopic (exact) mass is 287 g/mol. The number of nitrogens with one attached hydrogen (secondary N) is 1. The number of anilines is 2. The molecule has 0 saturated heterocycles. The second-order valence-electron chi connectivity index (χ2n) is 5.08. The van der Waals surface area contributed by atoms with Crippen LogP contribution in [0.1, 0.15) is 27.7 Å². The Morgan fingerprint density at radius 3 is 2.37 bits per heavy atom. The molecule has 0 unspecified atom stereocenters. The number of hydrogen-bond acceptors (Lipinski definition) is 6. The molecular weight excluding hydrogens is 266 g/mol. The molecular formula is C12H22ClN5O. The zero-order chi connectivity index (χ0) is 14.5. The van der Waals surface area contributed by atoms with Crippen LogP contribution in [0, 0.1) is 5.41 Å². The quantitative estimate of drug-likeness (QED) is 0.797. The first-order valence-corrected chi connectivity index (χ1v) is 6.81. The number of aromatic nitrogens is 3. The predicted molar refractivity (Wildman–Crippen MR) is 77.8 cm³/mol. The standard InChI is InChI=1S/C12H22ClN5O/c1-5-18(6-2)11-16-9(13)15-10(17-11)14-7-12(3,4)8-19/h19H,5-8H2,1-4H3,(H,14,15,16,17). The van der Waals surface area contributed by atoms with Crippen molar-refractivity contribution in [2.75, 3.05) is 36.5 Å². The molecule has 0 aromatic carbocycles. The van der Waals surface area contributed by atoms with Crippen LogP contribution < -0.4 is 10.2 Å². The first-order valence-electron chi connectivity index (χ1n) is 6.43. The van der Waals surface area contributed by atoms with Gasteiger partial charge in [0.15, 0.2) is 0 Å². The van der Waals surface area contributed by atoms with Gasteiger partial charge in [0.25, 0.3) is 0 Å². The lowest BCUT2D eigenvalue weighted by atomic mass is 9.95. The molecule has 0 aliphatic rings. The van der Waals surface area contributed by atoms with Gasteiger partial charge in [0.05, 0.1) is 0 Å². The van der Waals surface area contributed by atoms with Crippen LogP contribution in [0.4, 0.5) is 11.9 Å². The molecule has 19 heavy (non-hydrogen) atoms. The van der Waals surface area contributed by atoms with Crippen LogP contribution in [-0.2, 0) is 0 Å². The van der Waals surface area contributed by atoms with Crippen molar-refractivity contribution in [3.63, 3.8) is 0 Å². The highest BCUT2D eigenvalue weighted by atomic mass is 35.5. The molecule has 0 aliphatic heterocycles. The molecule has 1 aromatic heterocycles. The minimum Gasteiger partial charge on any atom is -0.396 e. The van der Waals surface area contributed by atoms with Gasteiger partial charge in [-0.25, -0.2) is 0 Å². The highest BCUT2D eigenvalue weighted by Crippen LogP contribution is 2.17. The Kier molecular flexibility index (Phi) is 5.75. The molecule has 0 radical (unpaired) electrons. The Bertz CT molecular complexity index is 409. The van der Waals surface area contributed by atoms with Gasteiger partial charge in [0.1, 0.15) is 0 Å². The Hall–Kier alpha value is -1.14. The average Bonchev–Trinajstić information content (AvgIpc) is 2.37. The molecule has 0 aliphatic carbocycles. The smallest absolute Gasteiger partial charge is 0.231 e. The molecule has 0 atom stereocenters. The fourth-order valence-electron chi connectivity index (χ4n) is 1.44. The van der Waals surface area contributed by atoms with E-state index in [1.54, 1.807) is 0 Å². The Balaban J connectivity index is 2.85. The lowest BCUT2D eigenvalue weighted by Crippen LogP contribution is -2.28. The van der Waals surface area contributed by atoms with Gasteiger partial charge >= 0.3 is 0 Å². The SMILES string of the molecule is CCN(CC)c1nc(Cl)nc(NCC(C)(C)CO)n1. The number of hydrogen-bond donors (Lipinski definition) is 2. The van der Waals surface area contributed by atoms with Gasteiger partial charge in [-0.05, 0) is 25.4 Å². The summed E-state index contributed by atoms with van der Waals surface area (Å²) in [6, 6.07) is 0. The summed E-state index contributed by atoms with van der Waals surface area (Å²) < 4.78 is 0. The first-order chi connectivity index (χ1) is 8.91. The number of halogens is 1. The van der Waals surface area contributed by atoms with Gasteiger partial charge in [-0.15, -0.1) is 0 Å². The number of aliphatic hydroxyl groups is 1. The van der Waals surface area contributed by atoms with Gasteiger partial charge in [0.2, 0.25) is 17.2 Å². The molecule has 1 heterocycles. The average molecular weight is 288 g/mol. The van der Waals surface area contributed by atoms with Crippen molar-refractivity contribution in [2.24, 2.45) is 5.41 Å². The third kappa shape index (κ3) is 4.80. The maximum absolute atomic E-state index is 9.22. The number of nitrogens with zero attached hydrogens (tertiary/aromatic N) is 4. The fraction of sp³-hybridized carbons (Fsp3) is 0.750. The van der Waals surface area contributed by atoms with E-state index in [1.165, 1.54) is 0 Å². The van der Waals surface area contributed by atoms with Crippen LogP contribution in [0.3, 0.4) is 0 Å². The summed E-state index contributed by atoms with van der Waals surface area (Å²) in [6.07, 6.45) is 0. The molecule has 2 N–H and O–H groups in total. The molecule has 0 fully saturated rings. The van der Waals surface area contributed by atoms with Gasteiger partial charge in [-0.3, -0.25) is 0 Å². The predicted octanol–water partition coefficient (Wildman–Crippen LogP) is 1.80. The summed E-state index contributed by atoms with van der Waals surface area (Å²) in [5.41, 5.74) is -0.242. The van der Waals surface area contributed by atoms with Gasteiger partial charge in [-0.1, -0.05) is 13.8 Å². The second kappa shape index (κ2) is 6.86. The van der Waals surface area contributed by atoms with E-state index in [9.17, 15) is 5.11 Å². The Morgan fingerprint density at radius 1 is 1.21 bits per heavy atom. The highest BCUT2D eigenvalue weighted by Gasteiger charge is 2.17. The molecule has 0 bridgehead atoms. The van der Waals surface area contributed by atoms with E-state index in [0.717, 1.165) is 13.1 Å². The zero-order valence-corrected chi connectivity index (χ0v) is 12.7. The summed E-state index contributed by atoms with van der Waals surface area (Å²) in [7, 11) is 0. The third-order valence-electron chi connectivity index (χ3n) is 2.80. The van der Waals surface area contributed by atoms with Crippen LogP contribution in [0.15, 0.2) is 0 Å². The van der Waals surface area contributed by atoms with Crippen LogP contribution >= 0.6 is 11.6 Å². The molecule has 1 rings (SSSR count). The maximum Gasteiger partial charge on any atom is 0.231 e. The van der Waals surface area contributed by atoms with Crippen molar-refractivity contribution in [1.29, 1.82) is 0 Å². The van der Waals surface area contributed by atoms with Crippen molar-refractivity contribution in [3.8, 4) is 0 Å². The van der Waals surface area contributed by atoms with E-state index >= 15 is 0 Å². The lowest BCUT2D eigenvalue weighted by molar-refractivity contribution is 0.170. The van der Waals surface area contributed by atoms with Crippen molar-refractivity contribution in [2.45, 2.75) is 27.7 Å². The minimum atomic E-state index is -0.242. The van der Waals surface area contributed by atoms with E-state index in [1.807, 2.05) is 32.6 Å². The Morgan fingerprint density at radius 2 is 1.84 bits per heavy atom. The largest absolute Gasteiger partial charge is 0.396 e. The molecule has 1 aromatic rings. The molecule has 108 valence electrons. The van der Waals surface area contributed by atoms with E-state index in [2.05, 4.69) is 20.3 Å². The topological polar surface area (TPSA) is 74.2 Å². The zero-order valence-electron chi connectivity index (χ0n) is 11.9. The second-order valence-corrected chi connectivity index (χ2v) is 5.41. The third-order valence-corrected chi connectivity index (χ3v) is 2.96. The van der Waals surface area contributed by atoms with Gasteiger partial charge < -0.3 is 15.3 Å². The molecule has 0 saturated carbocycles. The maximum atomic E-state index is 9.22. The minimum absolute atomic E-state index is 0.0850. The van der Waals surface area contributed by atoms with Gasteiger partial charge in [0, 0.05) is 31.7 Å². The van der Waals surface area contributed by atoms with Crippen molar-refractivity contribution >= 4 is 23.5 Å². The first kappa shape index (κ1) is 15.9. The van der Waals surface area contributed by atoms with E-state index < -0.39 is 0 Å². The lowest BCUT2D eigenvalue weighted by Gasteiger charge is -2.23. The normalized spacial score (nSPS) is 11.5. The van der Waals surface area contributed by atoms with Crippen LogP contribution in [0.25, 0.3) is 0 Å². The molecule has 0 amide bonds. The number of rotatable bonds is 7. The summed E-state index contributed by atoms with van der Waals surface area (Å²) >= 11 is 5.91. The van der Waals surface area contributed by atoms with E-state index in [4.69, 9.17) is 11.6 Å². The van der Waals surface area contributed by atoms with Crippen molar-refractivity contribution in [1.82, 2.24) is 15.0 Å². The number of aliphatic hydroxyl groups excluding tert-OH is 1. The summed E-state index contributed by atoms with van der Waals surface area (Å²) in [6.45, 7) is 10.2. The van der Waals surface area contributed by atoms with Crippen LogP contribution in [0.5, 0.6) is 0 Å².